The highest BCUT2D eigenvalue weighted by atomic mass is 19.4. The van der Waals surface area contributed by atoms with Crippen molar-refractivity contribution in [2.24, 2.45) is 4.99 Å². The number of alkyl halides is 5. The zero-order valence-corrected chi connectivity index (χ0v) is 25.3. The Kier molecular flexibility index (Phi) is 8.48. The van der Waals surface area contributed by atoms with E-state index in [1.807, 2.05) is 81.4 Å². The molecule has 11 heteroatoms. The van der Waals surface area contributed by atoms with Crippen molar-refractivity contribution in [2.75, 3.05) is 20.3 Å². The molecule has 0 N–H and O–H groups in total. The van der Waals surface area contributed by atoms with Crippen LogP contribution in [0.3, 0.4) is 0 Å². The number of aromatic nitrogens is 1. The van der Waals surface area contributed by atoms with Gasteiger partial charge in [-0.15, -0.1) is 0 Å². The summed E-state index contributed by atoms with van der Waals surface area (Å²) in [5.74, 6) is -4.38. The van der Waals surface area contributed by atoms with Gasteiger partial charge in [-0.25, -0.2) is 0 Å². The van der Waals surface area contributed by atoms with Gasteiger partial charge in [0.25, 0.3) is 0 Å². The van der Waals surface area contributed by atoms with Crippen molar-refractivity contribution >= 4 is 40.1 Å². The Bertz CT molecular complexity index is 1780. The monoisotopic (exact) mass is 610 g/mol. The molecular formula is C33H32BF5N2O3. The predicted molar refractivity (Wildman–Crippen MR) is 165 cm³/mol. The molecule has 0 bridgehead atoms. The molecule has 230 valence electrons. The van der Waals surface area contributed by atoms with Gasteiger partial charge in [0.05, 0.1) is 12.8 Å². The quantitative estimate of drug-likeness (QED) is 0.108. The smallest absolute Gasteiger partial charge is 0.495 e. The second kappa shape index (κ2) is 11.9. The van der Waals surface area contributed by atoms with Gasteiger partial charge in [-0.1, -0.05) is 48.5 Å². The van der Waals surface area contributed by atoms with Gasteiger partial charge in [0, 0.05) is 45.6 Å². The van der Waals surface area contributed by atoms with Crippen LogP contribution >= 0.6 is 0 Å². The molecule has 1 aromatic heterocycles. The summed E-state index contributed by atoms with van der Waals surface area (Å²) >= 11 is 0. The lowest BCUT2D eigenvalue weighted by Gasteiger charge is -2.26. The number of benzene rings is 3. The fraction of sp³-hybridized carbons (Fsp3) is 0.303. The average Bonchev–Trinajstić information content (AvgIpc) is 3.46. The first-order chi connectivity index (χ1) is 20.8. The number of allylic oxidation sites excluding steroid dienone is 2. The fourth-order valence-corrected chi connectivity index (χ4v) is 5.86. The minimum Gasteiger partial charge on any atom is -0.495 e. The van der Waals surface area contributed by atoms with Crippen molar-refractivity contribution in [2.45, 2.75) is 46.7 Å². The van der Waals surface area contributed by atoms with Crippen LogP contribution in [-0.2, 0) is 9.31 Å². The van der Waals surface area contributed by atoms with E-state index in [0.29, 0.717) is 28.4 Å². The molecule has 1 aliphatic rings. The second-order valence-corrected chi connectivity index (χ2v) is 10.8. The largest absolute Gasteiger partial charge is 0.597 e. The number of rotatable bonds is 9. The van der Waals surface area contributed by atoms with Crippen LogP contribution < -0.4 is 4.74 Å². The minimum atomic E-state index is -5.78. The summed E-state index contributed by atoms with van der Waals surface area (Å²) in [5.41, 5.74) is 5.54. The van der Waals surface area contributed by atoms with Gasteiger partial charge >= 0.3 is 19.4 Å². The molecule has 0 spiro atoms. The first-order valence-corrected chi connectivity index (χ1v) is 14.1. The van der Waals surface area contributed by atoms with Crippen LogP contribution in [0.5, 0.6) is 5.75 Å². The molecule has 5 rings (SSSR count). The number of hydrogen-bond donors (Lipinski definition) is 0. The Morgan fingerprint density at radius 2 is 1.43 bits per heavy atom. The molecule has 0 atom stereocenters. The Hall–Kier alpha value is -3.96. The molecule has 0 fully saturated rings. The first kappa shape index (κ1) is 31.5. The fourth-order valence-electron chi connectivity index (χ4n) is 5.86. The van der Waals surface area contributed by atoms with E-state index < -0.39 is 26.0 Å². The maximum atomic E-state index is 14.1. The Balaban J connectivity index is 1.88. The summed E-state index contributed by atoms with van der Waals surface area (Å²) in [6.07, 6.45) is -3.83. The van der Waals surface area contributed by atoms with E-state index in [9.17, 15) is 22.0 Å². The maximum Gasteiger partial charge on any atom is 0.597 e. The van der Waals surface area contributed by atoms with Crippen LogP contribution in [0.15, 0.2) is 76.9 Å². The van der Waals surface area contributed by atoms with Gasteiger partial charge in [0.15, 0.2) is 0 Å². The molecule has 2 heterocycles. The number of hydrogen-bond acceptors (Lipinski definition) is 4. The topological polar surface area (TPSA) is 45.0 Å². The number of aryl methyl sites for hydroxylation is 2. The zero-order chi connectivity index (χ0) is 32.0. The highest BCUT2D eigenvalue weighted by Crippen LogP contribution is 2.46. The average molecular weight is 610 g/mol. The van der Waals surface area contributed by atoms with Gasteiger partial charge in [0.2, 0.25) is 0 Å². The van der Waals surface area contributed by atoms with Crippen molar-refractivity contribution in [3.63, 3.8) is 0 Å². The highest BCUT2D eigenvalue weighted by Gasteiger charge is 2.58. The summed E-state index contributed by atoms with van der Waals surface area (Å²) in [6.45, 7) is 7.09. The highest BCUT2D eigenvalue weighted by molar-refractivity contribution is 6.43. The van der Waals surface area contributed by atoms with Crippen molar-refractivity contribution in [3.8, 4) is 5.75 Å². The minimum absolute atomic E-state index is 0.00510. The SMILES string of the molecule is CCOB(OCC(F)(F)C(F)(F)F)n1c(C)cc(C)c1/C(=C1\N=C(C)C=C1C)c1c2ccccc2c(OC)c2ccccc12. The van der Waals surface area contributed by atoms with Crippen molar-refractivity contribution in [3.05, 3.63) is 94.5 Å². The predicted octanol–water partition coefficient (Wildman–Crippen LogP) is 8.68. The third-order valence-corrected chi connectivity index (χ3v) is 7.66. The van der Waals surface area contributed by atoms with Gasteiger partial charge < -0.3 is 18.5 Å². The van der Waals surface area contributed by atoms with E-state index in [0.717, 1.165) is 44.0 Å². The molecule has 4 aromatic rings. The summed E-state index contributed by atoms with van der Waals surface area (Å²) in [6, 6.07) is 17.3. The summed E-state index contributed by atoms with van der Waals surface area (Å²) < 4.78 is 85.9. The Labute approximate surface area is 252 Å². The zero-order valence-electron chi connectivity index (χ0n) is 25.3. The second-order valence-electron chi connectivity index (χ2n) is 10.8. The summed E-state index contributed by atoms with van der Waals surface area (Å²) in [5, 5.41) is 3.38. The van der Waals surface area contributed by atoms with Crippen LogP contribution in [0.2, 0.25) is 0 Å². The lowest BCUT2D eigenvalue weighted by Crippen LogP contribution is -2.45. The van der Waals surface area contributed by atoms with E-state index in [1.54, 1.807) is 21.0 Å². The summed E-state index contributed by atoms with van der Waals surface area (Å²) in [4.78, 5) is 4.90. The molecule has 0 saturated heterocycles. The van der Waals surface area contributed by atoms with Crippen LogP contribution in [0.4, 0.5) is 22.0 Å². The standard InChI is InChI=1S/C33H32BF5N2O3/c1-7-43-34(44-18-32(35,36)33(37,38)39)41-22(5)17-20(3)30(41)28(29-19(2)16-21(4)40-29)27-23-12-8-10-14-25(23)31(42-6)26-15-11-9-13-24(26)27/h8-17H,7,18H2,1-6H3/b29-28-. The molecule has 3 aromatic carbocycles. The van der Waals surface area contributed by atoms with Crippen LogP contribution in [0.1, 0.15) is 43.3 Å². The van der Waals surface area contributed by atoms with Gasteiger partial charge in [-0.05, 0) is 68.7 Å². The van der Waals surface area contributed by atoms with Gasteiger partial charge in [0.1, 0.15) is 12.4 Å². The number of nitrogens with zero attached hydrogens (tertiary/aromatic N) is 2. The van der Waals surface area contributed by atoms with Crippen molar-refractivity contribution < 1.29 is 36.0 Å². The third kappa shape index (κ3) is 5.43. The van der Waals surface area contributed by atoms with Gasteiger partial charge in [-0.2, -0.15) is 22.0 Å². The third-order valence-electron chi connectivity index (χ3n) is 7.66. The van der Waals surface area contributed by atoms with Crippen LogP contribution in [-0.4, -0.2) is 49.9 Å². The van der Waals surface area contributed by atoms with E-state index in [2.05, 4.69) is 0 Å². The molecule has 0 unspecified atom stereocenters. The molecular weight excluding hydrogens is 578 g/mol. The Morgan fingerprint density at radius 3 is 1.91 bits per heavy atom. The summed E-state index contributed by atoms with van der Waals surface area (Å²) in [7, 11) is 0.0311. The molecule has 44 heavy (non-hydrogen) atoms. The van der Waals surface area contributed by atoms with Crippen molar-refractivity contribution in [1.29, 1.82) is 0 Å². The molecule has 0 radical (unpaired) electrons. The normalized spacial score (nSPS) is 15.2. The Morgan fingerprint density at radius 1 is 0.864 bits per heavy atom. The van der Waals surface area contributed by atoms with Crippen LogP contribution in [0, 0.1) is 13.8 Å². The number of halogens is 5. The lowest BCUT2D eigenvalue weighted by molar-refractivity contribution is -0.291. The van der Waals surface area contributed by atoms with E-state index in [-0.39, 0.29) is 6.61 Å². The first-order valence-electron chi connectivity index (χ1n) is 14.1. The van der Waals surface area contributed by atoms with E-state index >= 15 is 0 Å². The number of aliphatic imine (C=N–C) groups is 1. The molecule has 0 amide bonds. The molecule has 0 aliphatic carbocycles. The maximum absolute atomic E-state index is 14.1. The lowest BCUT2D eigenvalue weighted by atomic mass is 9.86. The number of ether oxygens (including phenoxy) is 1. The molecule has 0 saturated carbocycles. The molecule has 5 nitrogen and oxygen atoms in total. The van der Waals surface area contributed by atoms with Crippen LogP contribution in [0.25, 0.3) is 27.1 Å². The van der Waals surface area contributed by atoms with E-state index in [4.69, 9.17) is 19.0 Å². The van der Waals surface area contributed by atoms with E-state index in [1.165, 1.54) is 4.48 Å². The number of methoxy groups -OCH3 is 1. The number of fused-ring (bicyclic) bond motifs is 2. The van der Waals surface area contributed by atoms with Crippen molar-refractivity contribution in [1.82, 2.24) is 4.48 Å². The molecule has 1 aliphatic heterocycles. The van der Waals surface area contributed by atoms with Gasteiger partial charge in [-0.3, -0.25) is 4.99 Å².